The molecule has 0 aliphatic rings. The van der Waals surface area contributed by atoms with Gasteiger partial charge >= 0.3 is 0 Å². The molecule has 0 aromatic heterocycles. The highest BCUT2D eigenvalue weighted by Crippen LogP contribution is 2.27. The monoisotopic (exact) mass is 266 g/mol. The molecule has 1 nitrogen and oxygen atoms in total. The molecule has 0 fully saturated rings. The summed E-state index contributed by atoms with van der Waals surface area (Å²) < 4.78 is 5.61. The lowest BCUT2D eigenvalue weighted by atomic mass is 10.4. The van der Waals surface area contributed by atoms with Crippen LogP contribution in [0.1, 0.15) is 6.92 Å². The van der Waals surface area contributed by atoms with Crippen molar-refractivity contribution < 1.29 is 4.74 Å². The van der Waals surface area contributed by atoms with Crippen LogP contribution < -0.4 is 0 Å². The van der Waals surface area contributed by atoms with Crippen molar-refractivity contribution in [1.82, 2.24) is 0 Å². The van der Waals surface area contributed by atoms with E-state index in [0.717, 1.165) is 4.90 Å². The van der Waals surface area contributed by atoms with Crippen LogP contribution >= 0.6 is 47.2 Å². The molecule has 0 atom stereocenters. The summed E-state index contributed by atoms with van der Waals surface area (Å²) in [6.45, 7) is 2.46. The van der Waals surface area contributed by atoms with Crippen molar-refractivity contribution in [3.63, 3.8) is 0 Å². The number of thioether (sulfide) groups is 1. The van der Waals surface area contributed by atoms with Gasteiger partial charge in [-0.1, -0.05) is 23.2 Å². The summed E-state index contributed by atoms with van der Waals surface area (Å²) >= 11 is 18.0. The Kier molecular flexibility index (Phi) is 5.02. The summed E-state index contributed by atoms with van der Waals surface area (Å²) in [4.78, 5) is 0.890. The number of hydrogen-bond donors (Lipinski definition) is 0. The Morgan fingerprint density at radius 2 is 1.93 bits per heavy atom. The minimum Gasteiger partial charge on any atom is -0.479 e. The zero-order chi connectivity index (χ0) is 10.6. The van der Waals surface area contributed by atoms with E-state index in [-0.39, 0.29) is 0 Å². The molecule has 76 valence electrons. The fourth-order valence-corrected chi connectivity index (χ4v) is 2.63. The van der Waals surface area contributed by atoms with Crippen molar-refractivity contribution in [1.29, 1.82) is 0 Å². The van der Waals surface area contributed by atoms with Gasteiger partial charge in [0.25, 0.3) is 0 Å². The highest BCUT2D eigenvalue weighted by atomic mass is 35.5. The van der Waals surface area contributed by atoms with Gasteiger partial charge in [0.05, 0.1) is 6.61 Å². The number of benzene rings is 1. The van der Waals surface area contributed by atoms with E-state index < -0.39 is 0 Å². The molecule has 0 aliphatic carbocycles. The Bertz CT molecular complexity index is 321. The maximum atomic E-state index is 5.83. The highest BCUT2D eigenvalue weighted by molar-refractivity contribution is 8.22. The van der Waals surface area contributed by atoms with Gasteiger partial charge in [0.1, 0.15) is 0 Å². The van der Waals surface area contributed by atoms with Crippen LogP contribution in [0, 0.1) is 0 Å². The minimum absolute atomic E-state index is 0.478. The Morgan fingerprint density at radius 1 is 1.36 bits per heavy atom. The summed E-state index contributed by atoms with van der Waals surface area (Å²) in [5.74, 6) is 0. The van der Waals surface area contributed by atoms with Crippen LogP contribution in [0.5, 0.6) is 0 Å². The number of ether oxygens (including phenoxy) is 1. The molecule has 14 heavy (non-hydrogen) atoms. The first-order valence-electron chi connectivity index (χ1n) is 3.92. The van der Waals surface area contributed by atoms with Crippen molar-refractivity contribution in [2.45, 2.75) is 11.8 Å². The molecule has 0 saturated carbocycles. The van der Waals surface area contributed by atoms with Crippen LogP contribution in [-0.4, -0.2) is 11.0 Å². The van der Waals surface area contributed by atoms with E-state index in [4.69, 9.17) is 40.2 Å². The largest absolute Gasteiger partial charge is 0.479 e. The minimum atomic E-state index is 0.478. The molecule has 0 radical (unpaired) electrons. The van der Waals surface area contributed by atoms with Gasteiger partial charge in [-0.15, -0.1) is 0 Å². The predicted molar refractivity (Wildman–Crippen MR) is 66.5 cm³/mol. The quantitative estimate of drug-likeness (QED) is 0.580. The van der Waals surface area contributed by atoms with Gasteiger partial charge in [-0.2, -0.15) is 0 Å². The van der Waals surface area contributed by atoms with Crippen LogP contribution in [0.15, 0.2) is 23.1 Å². The maximum Gasteiger partial charge on any atom is 0.224 e. The summed E-state index contributed by atoms with van der Waals surface area (Å²) in [7, 11) is 0. The molecule has 0 spiro atoms. The van der Waals surface area contributed by atoms with Crippen molar-refractivity contribution in [3.8, 4) is 0 Å². The fraction of sp³-hybridized carbons (Fsp3) is 0.222. The molecule has 1 aromatic rings. The van der Waals surface area contributed by atoms with Gasteiger partial charge in [-0.3, -0.25) is 0 Å². The molecule has 5 heteroatoms. The third kappa shape index (κ3) is 4.05. The van der Waals surface area contributed by atoms with Crippen LogP contribution in [0.4, 0.5) is 0 Å². The SMILES string of the molecule is CCOC(=S)Sc1cc(Cl)cc(Cl)c1. The molecular formula is C9H8Cl2OS2. The van der Waals surface area contributed by atoms with Gasteiger partial charge in [0.2, 0.25) is 4.38 Å². The van der Waals surface area contributed by atoms with Crippen LogP contribution in [-0.2, 0) is 4.74 Å². The molecule has 1 rings (SSSR count). The molecule has 0 saturated heterocycles. The normalized spacial score (nSPS) is 9.93. The number of halogens is 2. The molecule has 1 aromatic carbocycles. The van der Waals surface area contributed by atoms with E-state index in [0.29, 0.717) is 21.0 Å². The van der Waals surface area contributed by atoms with Crippen LogP contribution in [0.2, 0.25) is 10.0 Å². The Labute approximate surface area is 103 Å². The second-order valence-electron chi connectivity index (χ2n) is 2.39. The maximum absolute atomic E-state index is 5.83. The van der Waals surface area contributed by atoms with E-state index in [1.807, 2.05) is 6.92 Å². The predicted octanol–water partition coefficient (Wildman–Crippen LogP) is 4.41. The Morgan fingerprint density at radius 3 is 2.43 bits per heavy atom. The zero-order valence-electron chi connectivity index (χ0n) is 7.42. The van der Waals surface area contributed by atoms with Crippen molar-refractivity contribution in [2.24, 2.45) is 0 Å². The van der Waals surface area contributed by atoms with Crippen LogP contribution in [0.25, 0.3) is 0 Å². The van der Waals surface area contributed by atoms with E-state index >= 15 is 0 Å². The number of thiocarbonyl (C=S) groups is 1. The smallest absolute Gasteiger partial charge is 0.224 e. The second-order valence-corrected chi connectivity index (χ2v) is 4.94. The topological polar surface area (TPSA) is 9.23 Å². The second kappa shape index (κ2) is 5.81. The van der Waals surface area contributed by atoms with Gasteiger partial charge in [-0.05, 0) is 49.1 Å². The highest BCUT2D eigenvalue weighted by Gasteiger charge is 2.03. The van der Waals surface area contributed by atoms with E-state index in [1.165, 1.54) is 11.8 Å². The summed E-state index contributed by atoms with van der Waals surface area (Å²) in [5, 5.41) is 1.19. The Hall–Kier alpha value is 0.0400. The first kappa shape index (κ1) is 12.1. The molecule has 0 aliphatic heterocycles. The molecule has 0 N–H and O–H groups in total. The number of rotatable bonds is 2. The first-order valence-corrected chi connectivity index (χ1v) is 5.90. The fourth-order valence-electron chi connectivity index (χ4n) is 0.831. The first-order chi connectivity index (χ1) is 6.61. The van der Waals surface area contributed by atoms with E-state index in [1.54, 1.807) is 18.2 Å². The molecule has 0 amide bonds. The lowest BCUT2D eigenvalue weighted by molar-refractivity contribution is 0.346. The van der Waals surface area contributed by atoms with Crippen molar-refractivity contribution in [2.75, 3.05) is 6.61 Å². The molecular weight excluding hydrogens is 259 g/mol. The lowest BCUT2D eigenvalue weighted by Crippen LogP contribution is -1.94. The standard InChI is InChI=1S/C9H8Cl2OS2/c1-2-12-9(13)14-8-4-6(10)3-7(11)5-8/h3-5H,2H2,1H3. The zero-order valence-corrected chi connectivity index (χ0v) is 10.6. The van der Waals surface area contributed by atoms with Gasteiger partial charge in [-0.25, -0.2) is 0 Å². The molecule has 0 heterocycles. The summed E-state index contributed by atoms with van der Waals surface area (Å²) in [6, 6.07) is 5.27. The molecule has 0 bridgehead atoms. The lowest BCUT2D eigenvalue weighted by Gasteiger charge is -2.04. The molecule has 0 unspecified atom stereocenters. The van der Waals surface area contributed by atoms with Crippen molar-refractivity contribution >= 4 is 51.6 Å². The van der Waals surface area contributed by atoms with E-state index in [9.17, 15) is 0 Å². The average molecular weight is 267 g/mol. The van der Waals surface area contributed by atoms with Gasteiger partial charge in [0.15, 0.2) is 0 Å². The summed E-state index contributed by atoms with van der Waals surface area (Å²) in [6.07, 6.45) is 0. The third-order valence-electron chi connectivity index (χ3n) is 1.30. The average Bonchev–Trinajstić information content (AvgIpc) is 2.01. The number of hydrogen-bond acceptors (Lipinski definition) is 3. The van der Waals surface area contributed by atoms with Crippen molar-refractivity contribution in [3.05, 3.63) is 28.2 Å². The Balaban J connectivity index is 2.71. The van der Waals surface area contributed by atoms with Crippen LogP contribution in [0.3, 0.4) is 0 Å². The summed E-state index contributed by atoms with van der Waals surface area (Å²) in [5.41, 5.74) is 0. The van der Waals surface area contributed by atoms with Gasteiger partial charge < -0.3 is 4.74 Å². The third-order valence-corrected chi connectivity index (χ3v) is 2.86. The van der Waals surface area contributed by atoms with E-state index in [2.05, 4.69) is 0 Å². The van der Waals surface area contributed by atoms with Gasteiger partial charge in [0, 0.05) is 14.9 Å².